The Labute approximate surface area is 94.7 Å². The molecule has 0 spiro atoms. The van der Waals surface area contributed by atoms with E-state index >= 15 is 0 Å². The van der Waals surface area contributed by atoms with E-state index in [0.29, 0.717) is 19.5 Å². The van der Waals surface area contributed by atoms with Gasteiger partial charge in [0, 0.05) is 51.0 Å². The molecule has 0 aliphatic carbocycles. The molecule has 0 saturated carbocycles. The van der Waals surface area contributed by atoms with Gasteiger partial charge in [0.15, 0.2) is 0 Å². The second-order valence-corrected chi connectivity index (χ2v) is 4.23. The quantitative estimate of drug-likeness (QED) is 0.788. The molecular weight excluding hydrogens is 206 g/mol. The van der Waals surface area contributed by atoms with E-state index in [1.54, 1.807) is 12.5 Å². The lowest BCUT2D eigenvalue weighted by molar-refractivity contribution is -0.130. The SMILES string of the molecule is O=C(CCn1ccnc1)N1CCC(CO)C1. The third-order valence-corrected chi connectivity index (χ3v) is 3.04. The summed E-state index contributed by atoms with van der Waals surface area (Å²) < 4.78 is 1.90. The van der Waals surface area contributed by atoms with Gasteiger partial charge in [-0.05, 0) is 6.42 Å². The van der Waals surface area contributed by atoms with E-state index < -0.39 is 0 Å². The Balaban J connectivity index is 1.76. The second kappa shape index (κ2) is 5.12. The summed E-state index contributed by atoms with van der Waals surface area (Å²) in [5, 5.41) is 9.00. The highest BCUT2D eigenvalue weighted by Crippen LogP contribution is 2.16. The summed E-state index contributed by atoms with van der Waals surface area (Å²) in [7, 11) is 0. The number of aromatic nitrogens is 2. The Morgan fingerprint density at radius 3 is 3.06 bits per heavy atom. The van der Waals surface area contributed by atoms with Crippen molar-refractivity contribution < 1.29 is 9.90 Å². The van der Waals surface area contributed by atoms with Gasteiger partial charge in [-0.3, -0.25) is 4.79 Å². The summed E-state index contributed by atoms with van der Waals surface area (Å²) in [6.07, 6.45) is 6.71. The standard InChI is InChI=1S/C11H17N3O2/c15-8-10-1-5-14(7-10)11(16)2-4-13-6-3-12-9-13/h3,6,9-10,15H,1-2,4-5,7-8H2. The predicted molar refractivity (Wildman–Crippen MR) is 58.6 cm³/mol. The van der Waals surface area contributed by atoms with Crippen LogP contribution in [0.5, 0.6) is 0 Å². The lowest BCUT2D eigenvalue weighted by atomic mass is 10.1. The number of aryl methyl sites for hydroxylation is 1. The van der Waals surface area contributed by atoms with Crippen LogP contribution in [0, 0.1) is 5.92 Å². The largest absolute Gasteiger partial charge is 0.396 e. The zero-order valence-electron chi connectivity index (χ0n) is 9.25. The van der Waals surface area contributed by atoms with Crippen LogP contribution in [0.4, 0.5) is 0 Å². The molecule has 1 atom stereocenters. The highest BCUT2D eigenvalue weighted by Gasteiger charge is 2.24. The molecule has 1 aliphatic heterocycles. The smallest absolute Gasteiger partial charge is 0.224 e. The average Bonchev–Trinajstić information content (AvgIpc) is 2.96. The van der Waals surface area contributed by atoms with E-state index in [4.69, 9.17) is 5.11 Å². The minimum Gasteiger partial charge on any atom is -0.396 e. The lowest BCUT2D eigenvalue weighted by Crippen LogP contribution is -2.29. The molecule has 16 heavy (non-hydrogen) atoms. The zero-order valence-corrected chi connectivity index (χ0v) is 9.25. The number of likely N-dealkylation sites (tertiary alicyclic amines) is 1. The number of amides is 1. The van der Waals surface area contributed by atoms with Crippen molar-refractivity contribution in [2.24, 2.45) is 5.92 Å². The number of hydrogen-bond acceptors (Lipinski definition) is 3. The number of imidazole rings is 1. The fourth-order valence-electron chi connectivity index (χ4n) is 2.01. The van der Waals surface area contributed by atoms with Gasteiger partial charge >= 0.3 is 0 Å². The summed E-state index contributed by atoms with van der Waals surface area (Å²) in [5.74, 6) is 0.446. The Kier molecular flexibility index (Phi) is 3.56. The molecule has 1 aromatic rings. The van der Waals surface area contributed by atoms with Crippen LogP contribution in [0.2, 0.25) is 0 Å². The van der Waals surface area contributed by atoms with Gasteiger partial charge in [-0.1, -0.05) is 0 Å². The number of carbonyl (C=O) groups excluding carboxylic acids is 1. The number of rotatable bonds is 4. The first kappa shape index (κ1) is 11.1. The first-order valence-corrected chi connectivity index (χ1v) is 5.64. The highest BCUT2D eigenvalue weighted by atomic mass is 16.3. The van der Waals surface area contributed by atoms with E-state index in [0.717, 1.165) is 13.0 Å². The van der Waals surface area contributed by atoms with Gasteiger partial charge in [-0.2, -0.15) is 0 Å². The van der Waals surface area contributed by atoms with Gasteiger partial charge in [0.05, 0.1) is 6.33 Å². The summed E-state index contributed by atoms with van der Waals surface area (Å²) in [6, 6.07) is 0. The van der Waals surface area contributed by atoms with Gasteiger partial charge in [-0.25, -0.2) is 4.98 Å². The monoisotopic (exact) mass is 223 g/mol. The number of aliphatic hydroxyl groups is 1. The fraction of sp³-hybridized carbons (Fsp3) is 0.636. The molecule has 88 valence electrons. The number of carbonyl (C=O) groups is 1. The summed E-state index contributed by atoms with van der Waals surface area (Å²) in [6.45, 7) is 2.36. The van der Waals surface area contributed by atoms with Crippen LogP contribution in [-0.4, -0.2) is 45.2 Å². The Bertz CT molecular complexity index is 337. The molecule has 0 radical (unpaired) electrons. The van der Waals surface area contributed by atoms with E-state index in [-0.39, 0.29) is 18.4 Å². The molecule has 2 heterocycles. The molecule has 1 fully saturated rings. The molecule has 5 heteroatoms. The molecule has 1 N–H and O–H groups in total. The molecule has 1 aliphatic rings. The molecular formula is C11H17N3O2. The first-order valence-electron chi connectivity index (χ1n) is 5.64. The van der Waals surface area contributed by atoms with Crippen LogP contribution in [-0.2, 0) is 11.3 Å². The fourth-order valence-corrected chi connectivity index (χ4v) is 2.01. The third kappa shape index (κ3) is 2.61. The van der Waals surface area contributed by atoms with Crippen molar-refractivity contribution in [3.63, 3.8) is 0 Å². The van der Waals surface area contributed by atoms with Gasteiger partial charge in [-0.15, -0.1) is 0 Å². The van der Waals surface area contributed by atoms with Crippen molar-refractivity contribution in [2.75, 3.05) is 19.7 Å². The number of aliphatic hydroxyl groups excluding tert-OH is 1. The van der Waals surface area contributed by atoms with E-state index in [9.17, 15) is 4.79 Å². The van der Waals surface area contributed by atoms with Crippen molar-refractivity contribution >= 4 is 5.91 Å². The minimum absolute atomic E-state index is 0.171. The molecule has 1 amide bonds. The van der Waals surface area contributed by atoms with Crippen molar-refractivity contribution in [3.05, 3.63) is 18.7 Å². The normalized spacial score (nSPS) is 20.3. The van der Waals surface area contributed by atoms with Crippen LogP contribution in [0.25, 0.3) is 0 Å². The maximum atomic E-state index is 11.8. The van der Waals surface area contributed by atoms with Crippen LogP contribution < -0.4 is 0 Å². The Hall–Kier alpha value is -1.36. The van der Waals surface area contributed by atoms with E-state index in [2.05, 4.69) is 4.98 Å². The molecule has 1 aromatic heterocycles. The zero-order chi connectivity index (χ0) is 11.4. The molecule has 1 unspecified atom stereocenters. The van der Waals surface area contributed by atoms with E-state index in [1.807, 2.05) is 15.7 Å². The van der Waals surface area contributed by atoms with Gasteiger partial charge in [0.2, 0.25) is 5.91 Å². The maximum absolute atomic E-state index is 11.8. The highest BCUT2D eigenvalue weighted by molar-refractivity contribution is 5.76. The second-order valence-electron chi connectivity index (χ2n) is 4.23. The molecule has 2 rings (SSSR count). The van der Waals surface area contributed by atoms with Crippen LogP contribution in [0.1, 0.15) is 12.8 Å². The molecule has 0 bridgehead atoms. The van der Waals surface area contributed by atoms with Gasteiger partial charge in [0.1, 0.15) is 0 Å². The van der Waals surface area contributed by atoms with Gasteiger partial charge < -0.3 is 14.6 Å². The molecule has 5 nitrogen and oxygen atoms in total. The average molecular weight is 223 g/mol. The predicted octanol–water partition coefficient (Wildman–Crippen LogP) is 0.114. The van der Waals surface area contributed by atoms with Gasteiger partial charge in [0.25, 0.3) is 0 Å². The summed E-state index contributed by atoms with van der Waals surface area (Å²) in [5.41, 5.74) is 0. The maximum Gasteiger partial charge on any atom is 0.224 e. The number of nitrogens with zero attached hydrogens (tertiary/aromatic N) is 3. The number of hydrogen-bond donors (Lipinski definition) is 1. The first-order chi connectivity index (χ1) is 7.79. The Morgan fingerprint density at radius 2 is 2.44 bits per heavy atom. The van der Waals surface area contributed by atoms with Crippen LogP contribution in [0.15, 0.2) is 18.7 Å². The molecule has 0 aromatic carbocycles. The van der Waals surface area contributed by atoms with Crippen LogP contribution in [0.3, 0.4) is 0 Å². The molecule has 1 saturated heterocycles. The van der Waals surface area contributed by atoms with Crippen LogP contribution >= 0.6 is 0 Å². The minimum atomic E-state index is 0.171. The van der Waals surface area contributed by atoms with Crippen molar-refractivity contribution in [1.82, 2.24) is 14.5 Å². The van der Waals surface area contributed by atoms with E-state index in [1.165, 1.54) is 0 Å². The summed E-state index contributed by atoms with van der Waals surface area (Å²) >= 11 is 0. The lowest BCUT2D eigenvalue weighted by Gasteiger charge is -2.16. The topological polar surface area (TPSA) is 58.4 Å². The van der Waals surface area contributed by atoms with Crippen molar-refractivity contribution in [2.45, 2.75) is 19.4 Å². The Morgan fingerprint density at radius 1 is 1.56 bits per heavy atom. The van der Waals surface area contributed by atoms with Crippen molar-refractivity contribution in [1.29, 1.82) is 0 Å². The third-order valence-electron chi connectivity index (χ3n) is 3.04. The van der Waals surface area contributed by atoms with Crippen molar-refractivity contribution in [3.8, 4) is 0 Å². The summed E-state index contributed by atoms with van der Waals surface area (Å²) in [4.78, 5) is 17.6.